The smallest absolute Gasteiger partial charge is 0.317 e. The number of carboxylic acid groups (broad SMARTS) is 1. The minimum absolute atomic E-state index is 0.145. The highest BCUT2D eigenvalue weighted by Gasteiger charge is 2.23. The molecule has 1 N–H and O–H groups in total. The molecule has 1 aliphatic heterocycles. The summed E-state index contributed by atoms with van der Waals surface area (Å²) < 4.78 is 0. The first-order chi connectivity index (χ1) is 11.1. The SMILES string of the molecule is CCC(CN1CCCC(N(C)CC(=O)O)CC1)c1ccccc1. The standard InChI is InChI=1S/C19H30N2O2/c1-3-16(17-8-5-4-6-9-17)14-21-12-7-10-18(11-13-21)20(2)15-19(22)23/h4-6,8-9,16,18H,3,7,10-15H2,1-2H3,(H,22,23). The molecule has 1 aliphatic rings. The third-order valence-corrected chi connectivity index (χ3v) is 5.04. The molecule has 2 atom stereocenters. The summed E-state index contributed by atoms with van der Waals surface area (Å²) in [5.74, 6) is -0.145. The number of nitrogens with zero attached hydrogens (tertiary/aromatic N) is 2. The van der Waals surface area contributed by atoms with Crippen LogP contribution in [0.25, 0.3) is 0 Å². The van der Waals surface area contributed by atoms with Crippen molar-refractivity contribution in [1.82, 2.24) is 9.80 Å². The van der Waals surface area contributed by atoms with Gasteiger partial charge in [-0.05, 0) is 57.3 Å². The van der Waals surface area contributed by atoms with Crippen LogP contribution in [0.15, 0.2) is 30.3 Å². The van der Waals surface area contributed by atoms with Gasteiger partial charge in [0, 0.05) is 12.6 Å². The van der Waals surface area contributed by atoms with Gasteiger partial charge in [-0.1, -0.05) is 37.3 Å². The summed E-state index contributed by atoms with van der Waals surface area (Å²) in [6.45, 7) is 5.71. The Labute approximate surface area is 140 Å². The zero-order chi connectivity index (χ0) is 16.7. The lowest BCUT2D eigenvalue weighted by Crippen LogP contribution is -2.37. The Morgan fingerprint density at radius 3 is 2.70 bits per heavy atom. The van der Waals surface area contributed by atoms with E-state index in [-0.39, 0.29) is 6.54 Å². The van der Waals surface area contributed by atoms with Crippen molar-refractivity contribution in [2.75, 3.05) is 33.2 Å². The van der Waals surface area contributed by atoms with Crippen LogP contribution >= 0.6 is 0 Å². The van der Waals surface area contributed by atoms with E-state index in [1.807, 2.05) is 11.9 Å². The van der Waals surface area contributed by atoms with Gasteiger partial charge in [-0.3, -0.25) is 9.69 Å². The number of hydrogen-bond donors (Lipinski definition) is 1. The van der Waals surface area contributed by atoms with Gasteiger partial charge in [0.2, 0.25) is 0 Å². The topological polar surface area (TPSA) is 43.8 Å². The van der Waals surface area contributed by atoms with Gasteiger partial charge in [-0.2, -0.15) is 0 Å². The molecule has 4 nitrogen and oxygen atoms in total. The molecule has 1 fully saturated rings. The Kier molecular flexibility index (Phi) is 7.06. The highest BCUT2D eigenvalue weighted by Crippen LogP contribution is 2.23. The Balaban J connectivity index is 1.88. The molecule has 1 saturated heterocycles. The number of likely N-dealkylation sites (N-methyl/N-ethyl adjacent to an activating group) is 1. The van der Waals surface area contributed by atoms with Crippen LogP contribution in [0, 0.1) is 0 Å². The molecule has 1 aromatic rings. The molecule has 128 valence electrons. The summed E-state index contributed by atoms with van der Waals surface area (Å²) in [6, 6.07) is 11.2. The fourth-order valence-electron chi connectivity index (χ4n) is 3.61. The second-order valence-electron chi connectivity index (χ2n) is 6.71. The first-order valence-electron chi connectivity index (χ1n) is 8.79. The third-order valence-electron chi connectivity index (χ3n) is 5.04. The van der Waals surface area contributed by atoms with Crippen LogP contribution in [0.3, 0.4) is 0 Å². The molecule has 1 heterocycles. The quantitative estimate of drug-likeness (QED) is 0.839. The molecule has 2 rings (SSSR count). The van der Waals surface area contributed by atoms with E-state index in [0.29, 0.717) is 12.0 Å². The van der Waals surface area contributed by atoms with E-state index in [9.17, 15) is 4.79 Å². The highest BCUT2D eigenvalue weighted by molar-refractivity contribution is 5.69. The van der Waals surface area contributed by atoms with Crippen molar-refractivity contribution in [3.05, 3.63) is 35.9 Å². The number of aliphatic carboxylic acids is 1. The summed E-state index contributed by atoms with van der Waals surface area (Å²) >= 11 is 0. The first kappa shape index (κ1) is 18.0. The van der Waals surface area contributed by atoms with E-state index < -0.39 is 5.97 Å². The van der Waals surface area contributed by atoms with Gasteiger partial charge < -0.3 is 10.0 Å². The van der Waals surface area contributed by atoms with E-state index in [1.165, 1.54) is 5.56 Å². The molecule has 0 bridgehead atoms. The largest absolute Gasteiger partial charge is 0.480 e. The van der Waals surface area contributed by atoms with Crippen molar-refractivity contribution >= 4 is 5.97 Å². The summed E-state index contributed by atoms with van der Waals surface area (Å²) in [5.41, 5.74) is 1.43. The number of likely N-dealkylation sites (tertiary alicyclic amines) is 1. The van der Waals surface area contributed by atoms with E-state index in [1.54, 1.807) is 0 Å². The van der Waals surface area contributed by atoms with Crippen LogP contribution in [-0.2, 0) is 4.79 Å². The van der Waals surface area contributed by atoms with Gasteiger partial charge in [0.1, 0.15) is 0 Å². The highest BCUT2D eigenvalue weighted by atomic mass is 16.4. The molecule has 0 radical (unpaired) electrons. The minimum Gasteiger partial charge on any atom is -0.480 e. The fraction of sp³-hybridized carbons (Fsp3) is 0.632. The summed E-state index contributed by atoms with van der Waals surface area (Å²) in [6.07, 6.45) is 4.47. The van der Waals surface area contributed by atoms with Gasteiger partial charge in [0.25, 0.3) is 0 Å². The number of carbonyl (C=O) groups is 1. The summed E-state index contributed by atoms with van der Waals surface area (Å²) in [7, 11) is 1.94. The normalized spacial score (nSPS) is 21.1. The molecule has 0 amide bonds. The van der Waals surface area contributed by atoms with E-state index >= 15 is 0 Å². The molecule has 2 unspecified atom stereocenters. The lowest BCUT2D eigenvalue weighted by molar-refractivity contribution is -0.138. The number of carboxylic acids is 1. The molecule has 23 heavy (non-hydrogen) atoms. The second kappa shape index (κ2) is 9.04. The Morgan fingerprint density at radius 1 is 1.30 bits per heavy atom. The molecule has 0 saturated carbocycles. The lowest BCUT2D eigenvalue weighted by atomic mass is 9.96. The maximum atomic E-state index is 10.9. The van der Waals surface area contributed by atoms with Crippen molar-refractivity contribution in [2.45, 2.75) is 44.6 Å². The van der Waals surface area contributed by atoms with Crippen molar-refractivity contribution in [3.8, 4) is 0 Å². The van der Waals surface area contributed by atoms with Gasteiger partial charge >= 0.3 is 5.97 Å². The van der Waals surface area contributed by atoms with Crippen molar-refractivity contribution in [1.29, 1.82) is 0 Å². The molecule has 4 heteroatoms. The van der Waals surface area contributed by atoms with Gasteiger partial charge in [-0.15, -0.1) is 0 Å². The maximum absolute atomic E-state index is 10.9. The predicted octanol–water partition coefficient (Wildman–Crippen LogP) is 3.05. The van der Waals surface area contributed by atoms with Gasteiger partial charge in [0.05, 0.1) is 6.54 Å². The third kappa shape index (κ3) is 5.63. The second-order valence-corrected chi connectivity index (χ2v) is 6.71. The number of hydrogen-bond acceptors (Lipinski definition) is 3. The Hall–Kier alpha value is -1.39. The van der Waals surface area contributed by atoms with Crippen LogP contribution in [-0.4, -0.2) is 60.1 Å². The predicted molar refractivity (Wildman–Crippen MR) is 93.8 cm³/mol. The lowest BCUT2D eigenvalue weighted by Gasteiger charge is -2.27. The monoisotopic (exact) mass is 318 g/mol. The maximum Gasteiger partial charge on any atom is 0.317 e. The van der Waals surface area contributed by atoms with Crippen LogP contribution in [0.5, 0.6) is 0 Å². The van der Waals surface area contributed by atoms with E-state index in [4.69, 9.17) is 5.11 Å². The average molecular weight is 318 g/mol. The number of rotatable bonds is 7. The van der Waals surface area contributed by atoms with Crippen molar-refractivity contribution in [3.63, 3.8) is 0 Å². The molecular formula is C19H30N2O2. The molecular weight excluding hydrogens is 288 g/mol. The van der Waals surface area contributed by atoms with Gasteiger partial charge in [-0.25, -0.2) is 0 Å². The summed E-state index contributed by atoms with van der Waals surface area (Å²) in [4.78, 5) is 15.5. The van der Waals surface area contributed by atoms with Crippen molar-refractivity contribution in [2.24, 2.45) is 0 Å². The van der Waals surface area contributed by atoms with Crippen LogP contribution < -0.4 is 0 Å². The average Bonchev–Trinajstić information content (AvgIpc) is 2.78. The van der Waals surface area contributed by atoms with Crippen LogP contribution in [0.1, 0.15) is 44.1 Å². The van der Waals surface area contributed by atoms with Crippen LogP contribution in [0.2, 0.25) is 0 Å². The summed E-state index contributed by atoms with van der Waals surface area (Å²) in [5, 5.41) is 8.96. The molecule has 0 spiro atoms. The minimum atomic E-state index is -0.733. The molecule has 0 aliphatic carbocycles. The fourth-order valence-corrected chi connectivity index (χ4v) is 3.61. The Bertz CT molecular complexity index is 478. The zero-order valence-electron chi connectivity index (χ0n) is 14.4. The molecule has 1 aromatic carbocycles. The van der Waals surface area contributed by atoms with E-state index in [0.717, 1.165) is 45.3 Å². The Morgan fingerprint density at radius 2 is 2.04 bits per heavy atom. The van der Waals surface area contributed by atoms with Crippen molar-refractivity contribution < 1.29 is 9.90 Å². The van der Waals surface area contributed by atoms with Gasteiger partial charge in [0.15, 0.2) is 0 Å². The first-order valence-corrected chi connectivity index (χ1v) is 8.79. The van der Waals surface area contributed by atoms with E-state index in [2.05, 4.69) is 42.2 Å². The van der Waals surface area contributed by atoms with Crippen LogP contribution in [0.4, 0.5) is 0 Å². The zero-order valence-corrected chi connectivity index (χ0v) is 14.4. The molecule has 0 aromatic heterocycles. The number of benzene rings is 1.